The summed E-state index contributed by atoms with van der Waals surface area (Å²) in [6.07, 6.45) is 6.44. The van der Waals surface area contributed by atoms with Crippen LogP contribution in [0.1, 0.15) is 81.0 Å². The minimum absolute atomic E-state index is 0.0933. The topological polar surface area (TPSA) is 49.4 Å². The molecule has 0 bridgehead atoms. The van der Waals surface area contributed by atoms with Crippen molar-refractivity contribution < 1.29 is 14.0 Å². The molecule has 1 aliphatic carbocycles. The Morgan fingerprint density at radius 2 is 1.67 bits per heavy atom. The second-order valence-corrected chi connectivity index (χ2v) is 10.6. The first-order valence-electron chi connectivity index (χ1n) is 12.9. The molecule has 0 saturated heterocycles. The number of nitrogens with zero attached hydrogens (tertiary/aromatic N) is 1. The fourth-order valence-corrected chi connectivity index (χ4v) is 5.55. The van der Waals surface area contributed by atoms with Gasteiger partial charge in [-0.3, -0.25) is 14.5 Å². The highest BCUT2D eigenvalue weighted by Gasteiger charge is 2.34. The zero-order chi connectivity index (χ0) is 25.5. The van der Waals surface area contributed by atoms with Gasteiger partial charge in [0, 0.05) is 11.7 Å². The number of rotatable bonds is 9. The van der Waals surface area contributed by atoms with E-state index in [4.69, 9.17) is 0 Å². The fraction of sp³-hybridized carbons (Fsp3) is 0.400. The molecule has 0 spiro atoms. The van der Waals surface area contributed by atoms with Crippen molar-refractivity contribution in [2.45, 2.75) is 76.8 Å². The van der Waals surface area contributed by atoms with Gasteiger partial charge in [-0.1, -0.05) is 57.4 Å². The molecule has 1 aliphatic rings. The van der Waals surface area contributed by atoms with Crippen molar-refractivity contribution in [2.24, 2.45) is 0 Å². The van der Waals surface area contributed by atoms with Crippen LogP contribution in [-0.4, -0.2) is 17.9 Å². The highest BCUT2D eigenvalue weighted by Crippen LogP contribution is 2.32. The molecule has 4 rings (SSSR count). The molecule has 1 heterocycles. The zero-order valence-electron chi connectivity index (χ0n) is 21.1. The number of hydrogen-bond donors (Lipinski definition) is 1. The number of nitrogens with one attached hydrogen (secondary N) is 1. The number of halogens is 1. The van der Waals surface area contributed by atoms with Crippen LogP contribution in [-0.2, 0) is 16.0 Å². The summed E-state index contributed by atoms with van der Waals surface area (Å²) in [6, 6.07) is 15.0. The molecule has 2 amide bonds. The van der Waals surface area contributed by atoms with Gasteiger partial charge in [-0.25, -0.2) is 4.39 Å². The van der Waals surface area contributed by atoms with E-state index in [1.165, 1.54) is 24.1 Å². The Hall–Kier alpha value is -2.99. The Balaban J connectivity index is 1.74. The van der Waals surface area contributed by atoms with Crippen LogP contribution in [0.5, 0.6) is 0 Å². The summed E-state index contributed by atoms with van der Waals surface area (Å²) in [7, 11) is 0. The lowest BCUT2D eigenvalue weighted by Crippen LogP contribution is -2.47. The highest BCUT2D eigenvalue weighted by molar-refractivity contribution is 7.08. The van der Waals surface area contributed by atoms with Crippen LogP contribution in [0.4, 0.5) is 10.1 Å². The first-order chi connectivity index (χ1) is 17.5. The molecule has 3 aromatic rings. The molecule has 1 N–H and O–H groups in total. The van der Waals surface area contributed by atoms with Crippen molar-refractivity contribution in [3.63, 3.8) is 0 Å². The van der Waals surface area contributed by atoms with E-state index in [1.54, 1.807) is 28.4 Å². The largest absolute Gasteiger partial charge is 0.351 e. The van der Waals surface area contributed by atoms with E-state index in [2.05, 4.69) is 19.2 Å². The maximum absolute atomic E-state index is 13.8. The molecule has 1 aromatic heterocycles. The van der Waals surface area contributed by atoms with Gasteiger partial charge in [0.25, 0.3) is 0 Å². The Kier molecular flexibility index (Phi) is 8.92. The van der Waals surface area contributed by atoms with E-state index < -0.39 is 6.04 Å². The van der Waals surface area contributed by atoms with Crippen molar-refractivity contribution in [3.05, 3.63) is 87.9 Å². The molecular formula is C30H35FN2O2S. The minimum atomic E-state index is -0.895. The molecular weight excluding hydrogens is 471 g/mol. The van der Waals surface area contributed by atoms with Crippen LogP contribution in [0.25, 0.3) is 0 Å². The molecule has 2 atom stereocenters. The van der Waals surface area contributed by atoms with Gasteiger partial charge in [0.2, 0.25) is 11.8 Å². The van der Waals surface area contributed by atoms with Crippen LogP contribution in [0, 0.1) is 5.82 Å². The monoisotopic (exact) mass is 506 g/mol. The van der Waals surface area contributed by atoms with Crippen molar-refractivity contribution in [1.29, 1.82) is 0 Å². The summed E-state index contributed by atoms with van der Waals surface area (Å²) in [5.74, 6) is -0.369. The number of anilines is 1. The average Bonchev–Trinajstić information content (AvgIpc) is 3.41. The Bertz CT molecular complexity index is 1120. The fourth-order valence-electron chi connectivity index (χ4n) is 4.88. The van der Waals surface area contributed by atoms with E-state index in [1.807, 2.05) is 41.1 Å². The molecule has 0 radical (unpaired) electrons. The minimum Gasteiger partial charge on any atom is -0.351 e. The smallest absolute Gasteiger partial charge is 0.248 e. The van der Waals surface area contributed by atoms with Gasteiger partial charge in [0.05, 0.1) is 6.42 Å². The molecule has 1 saturated carbocycles. The summed E-state index contributed by atoms with van der Waals surface area (Å²) in [6.45, 7) is 4.32. The van der Waals surface area contributed by atoms with Crippen molar-refractivity contribution >= 4 is 28.8 Å². The maximum atomic E-state index is 13.8. The maximum Gasteiger partial charge on any atom is 0.248 e. The van der Waals surface area contributed by atoms with Gasteiger partial charge in [-0.2, -0.15) is 11.3 Å². The van der Waals surface area contributed by atoms with Gasteiger partial charge >= 0.3 is 0 Å². The predicted octanol–water partition coefficient (Wildman–Crippen LogP) is 7.17. The number of carbonyl (C=O) groups excluding carboxylic acids is 2. The summed E-state index contributed by atoms with van der Waals surface area (Å²) in [4.78, 5) is 29.3. The summed E-state index contributed by atoms with van der Waals surface area (Å²) in [5.41, 5.74) is 3.36. The second-order valence-electron chi connectivity index (χ2n) is 9.77. The number of hydrogen-bond acceptors (Lipinski definition) is 3. The Labute approximate surface area is 217 Å². The normalized spacial score (nSPS) is 15.8. The molecule has 2 aromatic carbocycles. The highest BCUT2D eigenvalue weighted by atomic mass is 32.1. The summed E-state index contributed by atoms with van der Waals surface area (Å²) in [5, 5.41) is 7.11. The second kappa shape index (κ2) is 12.3. The van der Waals surface area contributed by atoms with Crippen LogP contribution in [0.2, 0.25) is 0 Å². The Morgan fingerprint density at radius 3 is 2.28 bits per heavy atom. The van der Waals surface area contributed by atoms with Crippen LogP contribution in [0.15, 0.2) is 65.4 Å². The van der Waals surface area contributed by atoms with Crippen LogP contribution in [0.3, 0.4) is 0 Å². The van der Waals surface area contributed by atoms with Gasteiger partial charge in [0.15, 0.2) is 0 Å². The molecule has 4 nitrogen and oxygen atoms in total. The standard InChI is InChI=1S/C30H35FN2O2S/c1-3-21(2)23-11-15-27(16-12-23)33(28(34)19-22-17-18-36-20-22)29(24-9-13-25(31)14-10-24)30(35)32-26-7-5-4-6-8-26/h9-18,20-21,26,29H,3-8,19H2,1-2H3,(H,32,35). The SMILES string of the molecule is CCC(C)c1ccc(N(C(=O)Cc2ccsc2)C(C(=O)NC2CCCCC2)c2ccc(F)cc2)cc1. The molecule has 0 aliphatic heterocycles. The van der Waals surface area contributed by atoms with E-state index in [0.29, 0.717) is 17.2 Å². The third kappa shape index (κ3) is 6.41. The third-order valence-electron chi connectivity index (χ3n) is 7.20. The lowest BCUT2D eigenvalue weighted by Gasteiger charge is -2.33. The van der Waals surface area contributed by atoms with Crippen molar-refractivity contribution in [1.82, 2.24) is 5.32 Å². The number of thiophene rings is 1. The quantitative estimate of drug-likeness (QED) is 0.335. The molecule has 2 unspecified atom stereocenters. The van der Waals surface area contributed by atoms with E-state index in [-0.39, 0.29) is 30.1 Å². The van der Waals surface area contributed by atoms with Crippen molar-refractivity contribution in [3.8, 4) is 0 Å². The summed E-state index contributed by atoms with van der Waals surface area (Å²) < 4.78 is 13.8. The van der Waals surface area contributed by atoms with Crippen LogP contribution < -0.4 is 10.2 Å². The van der Waals surface area contributed by atoms with E-state index in [0.717, 1.165) is 37.7 Å². The van der Waals surface area contributed by atoms with Gasteiger partial charge in [-0.15, -0.1) is 0 Å². The van der Waals surface area contributed by atoms with Crippen molar-refractivity contribution in [2.75, 3.05) is 4.90 Å². The number of carbonyl (C=O) groups is 2. The number of amides is 2. The molecule has 36 heavy (non-hydrogen) atoms. The van der Waals surface area contributed by atoms with Gasteiger partial charge in [-0.05, 0) is 83.0 Å². The van der Waals surface area contributed by atoms with E-state index >= 15 is 0 Å². The lowest BCUT2D eigenvalue weighted by molar-refractivity contribution is -0.127. The lowest BCUT2D eigenvalue weighted by atomic mass is 9.94. The first-order valence-corrected chi connectivity index (χ1v) is 13.9. The van der Waals surface area contributed by atoms with E-state index in [9.17, 15) is 14.0 Å². The van der Waals surface area contributed by atoms with Gasteiger partial charge in [0.1, 0.15) is 11.9 Å². The Morgan fingerprint density at radius 1 is 1.00 bits per heavy atom. The third-order valence-corrected chi connectivity index (χ3v) is 7.93. The zero-order valence-corrected chi connectivity index (χ0v) is 21.9. The van der Waals surface area contributed by atoms with Crippen LogP contribution >= 0.6 is 11.3 Å². The number of benzene rings is 2. The predicted molar refractivity (Wildman–Crippen MR) is 145 cm³/mol. The molecule has 1 fully saturated rings. The molecule has 190 valence electrons. The summed E-state index contributed by atoms with van der Waals surface area (Å²) >= 11 is 1.54. The average molecular weight is 507 g/mol. The van der Waals surface area contributed by atoms with Gasteiger partial charge < -0.3 is 5.32 Å². The molecule has 6 heteroatoms. The first kappa shape index (κ1) is 26.1.